The first-order chi connectivity index (χ1) is 13.7. The SMILES string of the molecule is CNc1c2c(n(C)c1N)C1(c3ccccc3-c3ccccc31)c1ccccc1-2. The fourth-order valence-electron chi connectivity index (χ4n) is 5.59. The van der Waals surface area contributed by atoms with Crippen LogP contribution >= 0.6 is 0 Å². The zero-order chi connectivity index (χ0) is 19.0. The summed E-state index contributed by atoms with van der Waals surface area (Å²) in [5.41, 5.74) is 17.6. The lowest BCUT2D eigenvalue weighted by Crippen LogP contribution is -2.28. The Morgan fingerprint density at radius 3 is 1.75 bits per heavy atom. The van der Waals surface area contributed by atoms with Crippen LogP contribution < -0.4 is 11.1 Å². The molecular formula is C25H21N3. The molecule has 0 aliphatic heterocycles. The summed E-state index contributed by atoms with van der Waals surface area (Å²) in [6, 6.07) is 26.4. The number of benzene rings is 3. The van der Waals surface area contributed by atoms with E-state index in [1.807, 2.05) is 7.05 Å². The number of nitrogens with one attached hydrogen (secondary N) is 1. The molecule has 0 radical (unpaired) electrons. The monoisotopic (exact) mass is 363 g/mol. The molecule has 2 aliphatic rings. The second kappa shape index (κ2) is 5.08. The standard InChI is InChI=1S/C25H21N3/c1-27-22-21-17-11-5-8-14-20(17)25(23(21)28(2)24(22)26)18-12-6-3-9-15(18)16-10-4-7-13-19(16)25/h3-14,27H,26H2,1-2H3. The molecule has 0 saturated heterocycles. The number of hydrogen-bond acceptors (Lipinski definition) is 2. The predicted octanol–water partition coefficient (Wildman–Crippen LogP) is 4.99. The topological polar surface area (TPSA) is 43.0 Å². The molecule has 1 heterocycles. The van der Waals surface area contributed by atoms with E-state index >= 15 is 0 Å². The van der Waals surface area contributed by atoms with Gasteiger partial charge in [-0.25, -0.2) is 0 Å². The number of nitrogens with zero attached hydrogens (tertiary/aromatic N) is 1. The summed E-state index contributed by atoms with van der Waals surface area (Å²) in [5.74, 6) is 0.781. The molecule has 3 N–H and O–H groups in total. The second-order valence-electron chi connectivity index (χ2n) is 7.68. The molecule has 0 bridgehead atoms. The molecule has 0 amide bonds. The molecule has 4 aromatic rings. The van der Waals surface area contributed by atoms with Gasteiger partial charge in [-0.1, -0.05) is 72.8 Å². The molecule has 3 aromatic carbocycles. The van der Waals surface area contributed by atoms with Gasteiger partial charge in [0.15, 0.2) is 0 Å². The summed E-state index contributed by atoms with van der Waals surface area (Å²) in [5, 5.41) is 3.37. The van der Waals surface area contributed by atoms with E-state index in [-0.39, 0.29) is 5.41 Å². The maximum Gasteiger partial charge on any atom is 0.127 e. The van der Waals surface area contributed by atoms with Crippen LogP contribution in [-0.4, -0.2) is 11.6 Å². The maximum absolute atomic E-state index is 6.57. The van der Waals surface area contributed by atoms with Gasteiger partial charge >= 0.3 is 0 Å². The molecule has 0 unspecified atom stereocenters. The van der Waals surface area contributed by atoms with Crippen LogP contribution in [0.1, 0.15) is 22.4 Å². The number of fused-ring (bicyclic) bond motifs is 10. The van der Waals surface area contributed by atoms with Crippen molar-refractivity contribution in [1.82, 2.24) is 4.57 Å². The Balaban J connectivity index is 1.90. The first-order valence-electron chi connectivity index (χ1n) is 9.67. The Hall–Kier alpha value is -3.46. The molecule has 1 spiro atoms. The fraction of sp³-hybridized carbons (Fsp3) is 0.120. The summed E-state index contributed by atoms with van der Waals surface area (Å²) in [7, 11) is 4.04. The summed E-state index contributed by atoms with van der Waals surface area (Å²) in [6.07, 6.45) is 0. The highest BCUT2D eigenvalue weighted by Crippen LogP contribution is 2.64. The molecule has 1 aromatic heterocycles. The molecule has 0 saturated carbocycles. The highest BCUT2D eigenvalue weighted by atomic mass is 15.1. The fourth-order valence-corrected chi connectivity index (χ4v) is 5.59. The van der Waals surface area contributed by atoms with Crippen LogP contribution in [0.15, 0.2) is 72.8 Å². The van der Waals surface area contributed by atoms with E-state index in [4.69, 9.17) is 5.73 Å². The number of anilines is 2. The molecule has 3 heteroatoms. The van der Waals surface area contributed by atoms with Crippen molar-refractivity contribution in [2.45, 2.75) is 5.41 Å². The Morgan fingerprint density at radius 1 is 0.750 bits per heavy atom. The molecule has 6 rings (SSSR count). The van der Waals surface area contributed by atoms with Gasteiger partial charge in [0.2, 0.25) is 0 Å². The number of aromatic nitrogens is 1. The van der Waals surface area contributed by atoms with Gasteiger partial charge < -0.3 is 15.6 Å². The van der Waals surface area contributed by atoms with Gasteiger partial charge in [-0.05, 0) is 33.4 Å². The summed E-state index contributed by atoms with van der Waals surface area (Å²) >= 11 is 0. The Morgan fingerprint density at radius 2 is 1.21 bits per heavy atom. The minimum absolute atomic E-state index is 0.336. The maximum atomic E-state index is 6.57. The number of nitrogen functional groups attached to an aromatic ring is 1. The van der Waals surface area contributed by atoms with Crippen molar-refractivity contribution in [3.8, 4) is 22.3 Å². The van der Waals surface area contributed by atoms with Gasteiger partial charge in [0.05, 0.1) is 11.1 Å². The summed E-state index contributed by atoms with van der Waals surface area (Å²) in [6.45, 7) is 0. The lowest BCUT2D eigenvalue weighted by atomic mass is 9.72. The quantitative estimate of drug-likeness (QED) is 0.432. The van der Waals surface area contributed by atoms with E-state index in [1.54, 1.807) is 0 Å². The van der Waals surface area contributed by atoms with Gasteiger partial charge in [-0.3, -0.25) is 0 Å². The smallest absolute Gasteiger partial charge is 0.127 e. The van der Waals surface area contributed by atoms with Crippen LogP contribution in [0.3, 0.4) is 0 Å². The normalized spacial score (nSPS) is 14.5. The van der Waals surface area contributed by atoms with Crippen molar-refractivity contribution >= 4 is 11.5 Å². The minimum Gasteiger partial charge on any atom is -0.385 e. The third-order valence-corrected chi connectivity index (χ3v) is 6.60. The first-order valence-corrected chi connectivity index (χ1v) is 9.67. The molecule has 2 aliphatic carbocycles. The highest BCUT2D eigenvalue weighted by molar-refractivity contribution is 6.01. The van der Waals surface area contributed by atoms with Crippen LogP contribution in [0, 0.1) is 0 Å². The molecule has 28 heavy (non-hydrogen) atoms. The number of hydrogen-bond donors (Lipinski definition) is 2. The molecule has 3 nitrogen and oxygen atoms in total. The van der Waals surface area contributed by atoms with Gasteiger partial charge in [0.1, 0.15) is 5.82 Å². The lowest BCUT2D eigenvalue weighted by Gasteiger charge is -2.31. The average molecular weight is 363 g/mol. The van der Waals surface area contributed by atoms with Gasteiger partial charge in [0.25, 0.3) is 0 Å². The molecular weight excluding hydrogens is 342 g/mol. The third-order valence-electron chi connectivity index (χ3n) is 6.60. The van der Waals surface area contributed by atoms with Gasteiger partial charge in [0, 0.05) is 25.4 Å². The van der Waals surface area contributed by atoms with E-state index in [0.717, 1.165) is 11.5 Å². The highest BCUT2D eigenvalue weighted by Gasteiger charge is 2.54. The average Bonchev–Trinajstić information content (AvgIpc) is 3.30. The first kappa shape index (κ1) is 15.6. The largest absolute Gasteiger partial charge is 0.385 e. The van der Waals surface area contributed by atoms with Crippen LogP contribution in [0.25, 0.3) is 22.3 Å². The van der Waals surface area contributed by atoms with Crippen LogP contribution in [0.2, 0.25) is 0 Å². The van der Waals surface area contributed by atoms with Crippen molar-refractivity contribution in [2.24, 2.45) is 7.05 Å². The zero-order valence-corrected chi connectivity index (χ0v) is 16.0. The number of rotatable bonds is 1. The van der Waals surface area contributed by atoms with E-state index in [1.165, 1.54) is 44.6 Å². The molecule has 136 valence electrons. The van der Waals surface area contributed by atoms with Crippen LogP contribution in [0.4, 0.5) is 11.5 Å². The van der Waals surface area contributed by atoms with E-state index in [2.05, 4.69) is 89.7 Å². The van der Waals surface area contributed by atoms with E-state index in [0.29, 0.717) is 0 Å². The predicted molar refractivity (Wildman–Crippen MR) is 116 cm³/mol. The lowest BCUT2D eigenvalue weighted by molar-refractivity contribution is 0.703. The van der Waals surface area contributed by atoms with Crippen molar-refractivity contribution < 1.29 is 0 Å². The molecule has 0 atom stereocenters. The Bertz CT molecular complexity index is 1230. The minimum atomic E-state index is -0.336. The van der Waals surface area contributed by atoms with Crippen molar-refractivity contribution in [3.63, 3.8) is 0 Å². The number of nitrogens with two attached hydrogens (primary N) is 1. The third kappa shape index (κ3) is 1.50. The Labute approximate surface area is 164 Å². The Kier molecular flexibility index (Phi) is 2.83. The van der Waals surface area contributed by atoms with Crippen molar-refractivity contribution in [3.05, 3.63) is 95.2 Å². The van der Waals surface area contributed by atoms with Gasteiger partial charge in [-0.15, -0.1) is 0 Å². The second-order valence-corrected chi connectivity index (χ2v) is 7.68. The van der Waals surface area contributed by atoms with E-state index in [9.17, 15) is 0 Å². The van der Waals surface area contributed by atoms with E-state index < -0.39 is 0 Å². The van der Waals surface area contributed by atoms with Crippen molar-refractivity contribution in [2.75, 3.05) is 18.1 Å². The van der Waals surface area contributed by atoms with Crippen LogP contribution in [0.5, 0.6) is 0 Å². The summed E-state index contributed by atoms with van der Waals surface area (Å²) in [4.78, 5) is 0. The molecule has 0 fully saturated rings. The van der Waals surface area contributed by atoms with Crippen LogP contribution in [-0.2, 0) is 12.5 Å². The van der Waals surface area contributed by atoms with Gasteiger partial charge in [-0.2, -0.15) is 0 Å². The summed E-state index contributed by atoms with van der Waals surface area (Å²) < 4.78 is 2.18. The van der Waals surface area contributed by atoms with Crippen molar-refractivity contribution in [1.29, 1.82) is 0 Å². The zero-order valence-electron chi connectivity index (χ0n) is 16.0.